The minimum Gasteiger partial charge on any atom is -0.351 e. The van der Waals surface area contributed by atoms with E-state index in [-0.39, 0.29) is 11.3 Å². The van der Waals surface area contributed by atoms with Gasteiger partial charge < -0.3 is 16.4 Å². The number of halogens is 4. The van der Waals surface area contributed by atoms with Crippen LogP contribution in [-0.2, 0) is 6.18 Å². The van der Waals surface area contributed by atoms with Crippen LogP contribution in [0, 0.1) is 5.82 Å². The molecule has 126 valence electrons. The van der Waals surface area contributed by atoms with Crippen LogP contribution in [0.4, 0.5) is 33.7 Å². The summed E-state index contributed by atoms with van der Waals surface area (Å²) in [6.45, 7) is 0. The van der Waals surface area contributed by atoms with Crippen molar-refractivity contribution < 1.29 is 27.2 Å². The summed E-state index contributed by atoms with van der Waals surface area (Å²) in [6, 6.07) is 6.54. The normalized spacial score (nSPS) is 11.0. The molecule has 0 heterocycles. The number of hydrogen-bond donors (Lipinski definition) is 3. The molecule has 0 aliphatic carbocycles. The maximum absolute atomic E-state index is 13.5. The minimum atomic E-state index is -4.80. The topological polar surface area (TPSA) is 84.2 Å². The second kappa shape index (κ2) is 6.57. The van der Waals surface area contributed by atoms with E-state index in [0.29, 0.717) is 6.07 Å². The highest BCUT2D eigenvalue weighted by Crippen LogP contribution is 2.36. The third kappa shape index (κ3) is 4.00. The molecule has 2 rings (SSSR count). The molecule has 0 aromatic heterocycles. The molecule has 0 atom stereocenters. The molecule has 2 aromatic carbocycles. The van der Waals surface area contributed by atoms with Crippen LogP contribution in [-0.4, -0.2) is 11.9 Å². The first kappa shape index (κ1) is 17.3. The molecule has 0 aliphatic rings. The Morgan fingerprint density at radius 3 is 2.25 bits per heavy atom. The molecule has 0 saturated carbocycles. The van der Waals surface area contributed by atoms with Crippen molar-refractivity contribution in [3.8, 4) is 0 Å². The number of rotatable bonds is 3. The van der Waals surface area contributed by atoms with Crippen molar-refractivity contribution in [1.29, 1.82) is 0 Å². The fourth-order valence-electron chi connectivity index (χ4n) is 1.94. The summed E-state index contributed by atoms with van der Waals surface area (Å²) in [5, 5.41) is 4.02. The van der Waals surface area contributed by atoms with Crippen LogP contribution in [0.15, 0.2) is 42.5 Å². The summed E-state index contributed by atoms with van der Waals surface area (Å²) in [6.07, 6.45) is -4.80. The Bertz CT molecular complexity index is 791. The lowest BCUT2D eigenvalue weighted by Gasteiger charge is -2.15. The van der Waals surface area contributed by atoms with Gasteiger partial charge in [0.25, 0.3) is 5.91 Å². The molecule has 4 N–H and O–H groups in total. The van der Waals surface area contributed by atoms with Gasteiger partial charge in [-0.25, -0.2) is 9.18 Å². The van der Waals surface area contributed by atoms with Crippen molar-refractivity contribution in [2.45, 2.75) is 6.18 Å². The van der Waals surface area contributed by atoms with Crippen molar-refractivity contribution in [2.24, 2.45) is 5.73 Å². The van der Waals surface area contributed by atoms with Crippen molar-refractivity contribution in [1.82, 2.24) is 0 Å². The minimum absolute atomic E-state index is 0.217. The van der Waals surface area contributed by atoms with Crippen molar-refractivity contribution in [2.75, 3.05) is 10.6 Å². The molecule has 0 bridgehead atoms. The Morgan fingerprint density at radius 1 is 1.00 bits per heavy atom. The Hall–Kier alpha value is -3.10. The molecule has 24 heavy (non-hydrogen) atoms. The monoisotopic (exact) mass is 341 g/mol. The third-order valence-electron chi connectivity index (χ3n) is 2.96. The van der Waals surface area contributed by atoms with Crippen LogP contribution < -0.4 is 16.4 Å². The van der Waals surface area contributed by atoms with Gasteiger partial charge in [-0.05, 0) is 30.3 Å². The van der Waals surface area contributed by atoms with E-state index in [1.54, 1.807) is 0 Å². The highest BCUT2D eigenvalue weighted by atomic mass is 19.4. The molecular formula is C15H11F4N3O2. The Morgan fingerprint density at radius 2 is 1.67 bits per heavy atom. The molecule has 0 unspecified atom stereocenters. The summed E-state index contributed by atoms with van der Waals surface area (Å²) < 4.78 is 52.6. The van der Waals surface area contributed by atoms with E-state index in [9.17, 15) is 27.2 Å². The second-order valence-corrected chi connectivity index (χ2v) is 4.68. The molecule has 3 amide bonds. The molecule has 5 nitrogen and oxygen atoms in total. The first-order chi connectivity index (χ1) is 11.2. The number of carbonyl (C=O) groups is 2. The van der Waals surface area contributed by atoms with Crippen LogP contribution in [0.5, 0.6) is 0 Å². The number of primary amides is 1. The average Bonchev–Trinajstić information content (AvgIpc) is 2.47. The van der Waals surface area contributed by atoms with Gasteiger partial charge in [-0.2, -0.15) is 13.2 Å². The number of alkyl halides is 3. The fraction of sp³-hybridized carbons (Fsp3) is 0.0667. The first-order valence-corrected chi connectivity index (χ1v) is 6.52. The zero-order valence-corrected chi connectivity index (χ0v) is 11.9. The van der Waals surface area contributed by atoms with E-state index in [1.807, 2.05) is 5.32 Å². The largest absolute Gasteiger partial charge is 0.418 e. The van der Waals surface area contributed by atoms with Gasteiger partial charge in [0, 0.05) is 5.69 Å². The summed E-state index contributed by atoms with van der Waals surface area (Å²) in [7, 11) is 0. The third-order valence-corrected chi connectivity index (χ3v) is 2.96. The Labute approximate surface area is 133 Å². The lowest BCUT2D eigenvalue weighted by Crippen LogP contribution is -2.22. The van der Waals surface area contributed by atoms with E-state index in [4.69, 9.17) is 5.73 Å². The summed E-state index contributed by atoms with van der Waals surface area (Å²) in [5.74, 6) is -1.71. The van der Waals surface area contributed by atoms with E-state index in [0.717, 1.165) is 18.2 Å². The second-order valence-electron chi connectivity index (χ2n) is 4.68. The standard InChI is InChI=1S/C15H11F4N3O2/c16-11-4-2-1-3-9(11)13(23)21-8-5-6-12(22-14(20)24)10(7-8)15(17,18)19/h1-7H,(H,21,23)(H3,20,22,24). The number of hydrogen-bond acceptors (Lipinski definition) is 2. The number of nitrogens with one attached hydrogen (secondary N) is 2. The zero-order valence-electron chi connectivity index (χ0n) is 11.9. The van der Waals surface area contributed by atoms with Crippen molar-refractivity contribution in [3.63, 3.8) is 0 Å². The van der Waals surface area contributed by atoms with Gasteiger partial charge in [0.15, 0.2) is 0 Å². The quantitative estimate of drug-likeness (QED) is 0.746. The summed E-state index contributed by atoms with van der Waals surface area (Å²) in [5.41, 5.74) is 2.53. The smallest absolute Gasteiger partial charge is 0.351 e. The molecule has 0 fully saturated rings. The molecule has 9 heteroatoms. The van der Waals surface area contributed by atoms with Gasteiger partial charge in [-0.3, -0.25) is 4.79 Å². The molecule has 0 saturated heterocycles. The molecule has 0 spiro atoms. The predicted molar refractivity (Wildman–Crippen MR) is 79.0 cm³/mol. The van der Waals surface area contributed by atoms with E-state index in [2.05, 4.69) is 5.32 Å². The van der Waals surface area contributed by atoms with Gasteiger partial charge in [0.2, 0.25) is 0 Å². The maximum atomic E-state index is 13.5. The van der Waals surface area contributed by atoms with Crippen LogP contribution in [0.2, 0.25) is 0 Å². The number of amides is 3. The maximum Gasteiger partial charge on any atom is 0.418 e. The van der Waals surface area contributed by atoms with Crippen LogP contribution in [0.1, 0.15) is 15.9 Å². The van der Waals surface area contributed by atoms with Gasteiger partial charge in [-0.15, -0.1) is 0 Å². The highest BCUT2D eigenvalue weighted by Gasteiger charge is 2.34. The average molecular weight is 341 g/mol. The van der Waals surface area contributed by atoms with Gasteiger partial charge in [-0.1, -0.05) is 12.1 Å². The van der Waals surface area contributed by atoms with E-state index in [1.165, 1.54) is 18.2 Å². The number of nitrogens with two attached hydrogens (primary N) is 1. The van der Waals surface area contributed by atoms with E-state index < -0.39 is 35.2 Å². The van der Waals surface area contributed by atoms with Crippen LogP contribution >= 0.6 is 0 Å². The Balaban J connectivity index is 2.33. The first-order valence-electron chi connectivity index (χ1n) is 6.52. The van der Waals surface area contributed by atoms with Gasteiger partial charge >= 0.3 is 12.2 Å². The molecular weight excluding hydrogens is 330 g/mol. The Kier molecular flexibility index (Phi) is 4.72. The highest BCUT2D eigenvalue weighted by molar-refractivity contribution is 6.04. The van der Waals surface area contributed by atoms with Crippen molar-refractivity contribution >= 4 is 23.3 Å². The number of carbonyl (C=O) groups excluding carboxylic acids is 2. The van der Waals surface area contributed by atoms with Crippen LogP contribution in [0.25, 0.3) is 0 Å². The van der Waals surface area contributed by atoms with E-state index >= 15 is 0 Å². The predicted octanol–water partition coefficient (Wildman–Crippen LogP) is 3.59. The van der Waals surface area contributed by atoms with Crippen LogP contribution in [0.3, 0.4) is 0 Å². The van der Waals surface area contributed by atoms with Gasteiger partial charge in [0.1, 0.15) is 5.82 Å². The summed E-state index contributed by atoms with van der Waals surface area (Å²) in [4.78, 5) is 22.7. The van der Waals surface area contributed by atoms with Crippen molar-refractivity contribution in [3.05, 3.63) is 59.4 Å². The number of benzene rings is 2. The zero-order chi connectivity index (χ0) is 17.9. The number of urea groups is 1. The molecule has 0 aliphatic heterocycles. The van der Waals surface area contributed by atoms with Gasteiger partial charge in [0.05, 0.1) is 16.8 Å². The molecule has 2 aromatic rings. The lowest BCUT2D eigenvalue weighted by molar-refractivity contribution is -0.136. The SMILES string of the molecule is NC(=O)Nc1ccc(NC(=O)c2ccccc2F)cc1C(F)(F)F. The molecule has 0 radical (unpaired) electrons. The summed E-state index contributed by atoms with van der Waals surface area (Å²) >= 11 is 0. The fourth-order valence-corrected chi connectivity index (χ4v) is 1.94. The number of anilines is 2. The lowest BCUT2D eigenvalue weighted by atomic mass is 10.1.